The Morgan fingerprint density at radius 2 is 2.08 bits per heavy atom. The third-order valence-electron chi connectivity index (χ3n) is 3.89. The van der Waals surface area contributed by atoms with Crippen LogP contribution in [0.5, 0.6) is 0 Å². The number of benzene rings is 1. The molecule has 138 valence electrons. The molecule has 0 amide bonds. The smallest absolute Gasteiger partial charge is 0.378 e. The second-order valence-corrected chi connectivity index (χ2v) is 8.86. The van der Waals surface area contributed by atoms with Gasteiger partial charge in [-0.2, -0.15) is 17.5 Å². The summed E-state index contributed by atoms with van der Waals surface area (Å²) in [5, 5.41) is 0.597. The first kappa shape index (κ1) is 18.6. The molecule has 2 aromatic rings. The number of fused-ring (bicyclic) bond motifs is 1. The van der Waals surface area contributed by atoms with Gasteiger partial charge in [0, 0.05) is 13.0 Å². The Kier molecular flexibility index (Phi) is 5.33. The Labute approximate surface area is 147 Å². The average molecular weight is 394 g/mol. The van der Waals surface area contributed by atoms with E-state index < -0.39 is 40.8 Å². The standard InChI is InChI=1S/C15H17F3N2O3S2/c16-15(17,18)6-3-9-25(21,22)20-7-8-23-10-12(20)14-19-11-4-1-2-5-13(11)24-14/h1-2,4-5,12H,3,6-10H2. The van der Waals surface area contributed by atoms with Gasteiger partial charge >= 0.3 is 6.18 Å². The van der Waals surface area contributed by atoms with Crippen LogP contribution in [-0.2, 0) is 14.8 Å². The molecule has 1 unspecified atom stereocenters. The van der Waals surface area contributed by atoms with Crippen molar-refractivity contribution >= 4 is 31.6 Å². The molecule has 2 heterocycles. The van der Waals surface area contributed by atoms with E-state index in [0.29, 0.717) is 5.01 Å². The largest absolute Gasteiger partial charge is 0.389 e. The molecule has 0 bridgehead atoms. The molecule has 10 heteroatoms. The van der Waals surface area contributed by atoms with Gasteiger partial charge in [-0.3, -0.25) is 0 Å². The maximum atomic E-state index is 12.6. The molecule has 1 saturated heterocycles. The van der Waals surface area contributed by atoms with Gasteiger partial charge in [0.25, 0.3) is 0 Å². The summed E-state index contributed by atoms with van der Waals surface area (Å²) in [4.78, 5) is 4.47. The molecule has 0 N–H and O–H groups in total. The minimum absolute atomic E-state index is 0.120. The Bertz CT molecular complexity index is 803. The number of alkyl halides is 3. The first-order valence-corrected chi connectivity index (χ1v) is 10.2. The van der Waals surface area contributed by atoms with Gasteiger partial charge in [0.05, 0.1) is 35.2 Å². The van der Waals surface area contributed by atoms with Crippen LogP contribution in [0, 0.1) is 0 Å². The molecule has 1 aliphatic rings. The summed E-state index contributed by atoms with van der Waals surface area (Å²) in [5.74, 6) is -0.534. The van der Waals surface area contributed by atoms with Crippen LogP contribution in [0.1, 0.15) is 23.9 Å². The molecule has 0 aliphatic carbocycles. The quantitative estimate of drug-likeness (QED) is 0.781. The topological polar surface area (TPSA) is 59.5 Å². The summed E-state index contributed by atoms with van der Waals surface area (Å²) in [6.07, 6.45) is -5.91. The van der Waals surface area contributed by atoms with Gasteiger partial charge in [0.2, 0.25) is 10.0 Å². The number of ether oxygens (including phenoxy) is 1. The van der Waals surface area contributed by atoms with Crippen LogP contribution in [0.3, 0.4) is 0 Å². The molecule has 1 aliphatic heterocycles. The molecule has 25 heavy (non-hydrogen) atoms. The third-order valence-corrected chi connectivity index (χ3v) is 6.99. The normalized spacial score (nSPS) is 20.2. The number of thiazole rings is 1. The lowest BCUT2D eigenvalue weighted by molar-refractivity contribution is -0.134. The van der Waals surface area contributed by atoms with E-state index in [9.17, 15) is 21.6 Å². The maximum Gasteiger partial charge on any atom is 0.389 e. The Morgan fingerprint density at radius 3 is 2.80 bits per heavy atom. The predicted octanol–water partition coefficient (Wildman–Crippen LogP) is 3.34. The molecule has 1 atom stereocenters. The summed E-state index contributed by atoms with van der Waals surface area (Å²) >= 11 is 1.37. The van der Waals surface area contributed by atoms with Gasteiger partial charge in [-0.15, -0.1) is 11.3 Å². The molecule has 0 saturated carbocycles. The van der Waals surface area contributed by atoms with Crippen molar-refractivity contribution in [3.8, 4) is 0 Å². The maximum absolute atomic E-state index is 12.6. The number of nitrogens with zero attached hydrogens (tertiary/aromatic N) is 2. The number of hydrogen-bond acceptors (Lipinski definition) is 5. The van der Waals surface area contributed by atoms with Crippen molar-refractivity contribution in [2.45, 2.75) is 25.1 Å². The van der Waals surface area contributed by atoms with Crippen molar-refractivity contribution in [2.24, 2.45) is 0 Å². The van der Waals surface area contributed by atoms with Crippen molar-refractivity contribution < 1.29 is 26.3 Å². The fraction of sp³-hybridized carbons (Fsp3) is 0.533. The molecular weight excluding hydrogens is 377 g/mol. The van der Waals surface area contributed by atoms with Crippen molar-refractivity contribution in [1.29, 1.82) is 0 Å². The number of rotatable bonds is 5. The number of morpholine rings is 1. The molecule has 0 radical (unpaired) electrons. The van der Waals surface area contributed by atoms with Gasteiger partial charge in [-0.25, -0.2) is 13.4 Å². The van der Waals surface area contributed by atoms with E-state index in [0.717, 1.165) is 10.2 Å². The zero-order valence-electron chi connectivity index (χ0n) is 13.2. The molecular formula is C15H17F3N2O3S2. The fourth-order valence-corrected chi connectivity index (χ4v) is 5.50. The molecule has 1 aromatic carbocycles. The predicted molar refractivity (Wildman–Crippen MR) is 89.0 cm³/mol. The van der Waals surface area contributed by atoms with Gasteiger partial charge in [0.15, 0.2) is 0 Å². The summed E-state index contributed by atoms with van der Waals surface area (Å²) in [6, 6.07) is 6.84. The van der Waals surface area contributed by atoms with Crippen molar-refractivity contribution in [3.63, 3.8) is 0 Å². The van der Waals surface area contributed by atoms with Crippen molar-refractivity contribution in [3.05, 3.63) is 29.3 Å². The third kappa shape index (κ3) is 4.49. The first-order chi connectivity index (χ1) is 11.8. The monoisotopic (exact) mass is 394 g/mol. The van der Waals surface area contributed by atoms with Crippen LogP contribution in [0.25, 0.3) is 10.2 Å². The Morgan fingerprint density at radius 1 is 1.32 bits per heavy atom. The fourth-order valence-electron chi connectivity index (χ4n) is 2.72. The number of hydrogen-bond donors (Lipinski definition) is 0. The molecule has 3 rings (SSSR count). The zero-order chi connectivity index (χ0) is 18.1. The second-order valence-electron chi connectivity index (χ2n) is 5.76. The Hall–Kier alpha value is -1.23. The van der Waals surface area contributed by atoms with Crippen LogP contribution >= 0.6 is 11.3 Å². The average Bonchev–Trinajstić information content (AvgIpc) is 2.97. The van der Waals surface area contributed by atoms with Crippen LogP contribution in [0.4, 0.5) is 13.2 Å². The van der Waals surface area contributed by atoms with E-state index in [-0.39, 0.29) is 19.8 Å². The first-order valence-electron chi connectivity index (χ1n) is 7.76. The SMILES string of the molecule is O=S(=O)(CCCC(F)(F)F)N1CCOCC1c1nc2ccccc2s1. The van der Waals surface area contributed by atoms with Crippen molar-refractivity contribution in [2.75, 3.05) is 25.5 Å². The van der Waals surface area contributed by atoms with E-state index in [4.69, 9.17) is 4.74 Å². The number of sulfonamides is 1. The van der Waals surface area contributed by atoms with Crippen LogP contribution in [-0.4, -0.2) is 49.4 Å². The van der Waals surface area contributed by atoms with E-state index in [1.54, 1.807) is 0 Å². The highest BCUT2D eigenvalue weighted by Gasteiger charge is 2.36. The van der Waals surface area contributed by atoms with E-state index in [1.807, 2.05) is 24.3 Å². The number of aromatic nitrogens is 1. The highest BCUT2D eigenvalue weighted by molar-refractivity contribution is 7.89. The van der Waals surface area contributed by atoms with Crippen LogP contribution in [0.15, 0.2) is 24.3 Å². The molecule has 0 spiro atoms. The van der Waals surface area contributed by atoms with Gasteiger partial charge in [-0.05, 0) is 18.6 Å². The van der Waals surface area contributed by atoms with Crippen molar-refractivity contribution in [1.82, 2.24) is 9.29 Å². The van der Waals surface area contributed by atoms with Gasteiger partial charge in [-0.1, -0.05) is 12.1 Å². The number of para-hydroxylation sites is 1. The van der Waals surface area contributed by atoms with E-state index in [2.05, 4.69) is 4.98 Å². The van der Waals surface area contributed by atoms with Crippen LogP contribution in [0.2, 0.25) is 0 Å². The lowest BCUT2D eigenvalue weighted by atomic mass is 10.3. The highest BCUT2D eigenvalue weighted by atomic mass is 32.2. The minimum atomic E-state index is -4.35. The summed E-state index contributed by atoms with van der Waals surface area (Å²) in [5.41, 5.74) is 0.766. The van der Waals surface area contributed by atoms with E-state index in [1.165, 1.54) is 15.6 Å². The second kappa shape index (κ2) is 7.18. The molecule has 1 fully saturated rings. The lowest BCUT2D eigenvalue weighted by Crippen LogP contribution is -2.44. The molecule has 5 nitrogen and oxygen atoms in total. The zero-order valence-corrected chi connectivity index (χ0v) is 14.8. The van der Waals surface area contributed by atoms with Crippen LogP contribution < -0.4 is 0 Å². The minimum Gasteiger partial charge on any atom is -0.378 e. The summed E-state index contributed by atoms with van der Waals surface area (Å²) in [7, 11) is -3.82. The Balaban J connectivity index is 1.80. The van der Waals surface area contributed by atoms with Gasteiger partial charge < -0.3 is 4.74 Å². The van der Waals surface area contributed by atoms with Gasteiger partial charge in [0.1, 0.15) is 5.01 Å². The van der Waals surface area contributed by atoms with E-state index >= 15 is 0 Å². The summed E-state index contributed by atoms with van der Waals surface area (Å²) < 4.78 is 69.6. The number of halogens is 3. The summed E-state index contributed by atoms with van der Waals surface area (Å²) in [6.45, 7) is 0.493. The highest BCUT2D eigenvalue weighted by Crippen LogP contribution is 2.33. The lowest BCUT2D eigenvalue weighted by Gasteiger charge is -2.33. The molecule has 1 aromatic heterocycles.